The molecule has 22 heavy (non-hydrogen) atoms. The zero-order valence-corrected chi connectivity index (χ0v) is 13.3. The predicted molar refractivity (Wildman–Crippen MR) is 90.5 cm³/mol. The molecule has 0 fully saturated rings. The van der Waals surface area contributed by atoms with Gasteiger partial charge in [-0.2, -0.15) is 0 Å². The molecule has 2 nitrogen and oxygen atoms in total. The van der Waals surface area contributed by atoms with Crippen LogP contribution in [0.1, 0.15) is 23.5 Å². The lowest BCUT2D eigenvalue weighted by Gasteiger charge is -2.22. The highest BCUT2D eigenvalue weighted by Gasteiger charge is 2.19. The molecule has 1 aliphatic rings. The van der Waals surface area contributed by atoms with Crippen LogP contribution in [-0.4, -0.2) is 14.7 Å². The standard InChI is InChI=1S/C19H18O2S/c1-22(20,21)17-13-11-16(12-14-17)19-10-6-5-9-18(19)15-7-3-2-4-8-15/h2-8,10-14,18H,9H2,1H3. The summed E-state index contributed by atoms with van der Waals surface area (Å²) in [5.41, 5.74) is 3.59. The van der Waals surface area contributed by atoms with Gasteiger partial charge in [-0.3, -0.25) is 0 Å². The van der Waals surface area contributed by atoms with E-state index in [-0.39, 0.29) is 0 Å². The molecule has 0 heterocycles. The molecule has 0 radical (unpaired) electrons. The first kappa shape index (κ1) is 14.8. The Kier molecular flexibility index (Phi) is 3.99. The van der Waals surface area contributed by atoms with E-state index in [1.54, 1.807) is 12.1 Å². The lowest BCUT2D eigenvalue weighted by molar-refractivity contribution is 0.602. The van der Waals surface area contributed by atoms with Crippen molar-refractivity contribution < 1.29 is 8.42 Å². The highest BCUT2D eigenvalue weighted by Crippen LogP contribution is 2.37. The van der Waals surface area contributed by atoms with Crippen LogP contribution in [0.2, 0.25) is 0 Å². The summed E-state index contributed by atoms with van der Waals surface area (Å²) in [6, 6.07) is 17.6. The van der Waals surface area contributed by atoms with Crippen molar-refractivity contribution in [3.8, 4) is 0 Å². The van der Waals surface area contributed by atoms with Crippen molar-refractivity contribution in [2.24, 2.45) is 0 Å². The van der Waals surface area contributed by atoms with Crippen molar-refractivity contribution in [2.75, 3.05) is 6.26 Å². The topological polar surface area (TPSA) is 34.1 Å². The summed E-state index contributed by atoms with van der Waals surface area (Å²) < 4.78 is 23.2. The van der Waals surface area contributed by atoms with Crippen LogP contribution in [0, 0.1) is 0 Å². The quantitative estimate of drug-likeness (QED) is 0.850. The van der Waals surface area contributed by atoms with Gasteiger partial charge in [-0.05, 0) is 35.3 Å². The molecule has 2 aromatic carbocycles. The molecule has 0 aromatic heterocycles. The van der Waals surface area contributed by atoms with Crippen molar-refractivity contribution >= 4 is 15.4 Å². The van der Waals surface area contributed by atoms with Crippen molar-refractivity contribution in [1.82, 2.24) is 0 Å². The Morgan fingerprint density at radius 2 is 1.64 bits per heavy atom. The highest BCUT2D eigenvalue weighted by molar-refractivity contribution is 7.90. The third kappa shape index (κ3) is 3.04. The van der Waals surface area contributed by atoms with Crippen LogP contribution < -0.4 is 0 Å². The lowest BCUT2D eigenvalue weighted by Crippen LogP contribution is -2.04. The summed E-state index contributed by atoms with van der Waals surface area (Å²) in [5.74, 6) is 0.315. The number of rotatable bonds is 3. The molecule has 1 unspecified atom stereocenters. The van der Waals surface area contributed by atoms with E-state index in [0.29, 0.717) is 10.8 Å². The van der Waals surface area contributed by atoms with Gasteiger partial charge in [-0.25, -0.2) is 8.42 Å². The Morgan fingerprint density at radius 3 is 2.27 bits per heavy atom. The molecular weight excluding hydrogens is 292 g/mol. The van der Waals surface area contributed by atoms with Crippen molar-refractivity contribution in [1.29, 1.82) is 0 Å². The monoisotopic (exact) mass is 310 g/mol. The SMILES string of the molecule is CS(=O)(=O)c1ccc(C2=CC=CCC2c2ccccc2)cc1. The molecular formula is C19H18O2S. The number of sulfone groups is 1. The summed E-state index contributed by atoms with van der Waals surface area (Å²) in [5, 5.41) is 0. The largest absolute Gasteiger partial charge is 0.224 e. The zero-order chi connectivity index (χ0) is 15.6. The number of benzene rings is 2. The fourth-order valence-electron chi connectivity index (χ4n) is 2.82. The fourth-order valence-corrected chi connectivity index (χ4v) is 3.45. The van der Waals surface area contributed by atoms with Gasteiger partial charge in [0.05, 0.1) is 4.90 Å². The van der Waals surface area contributed by atoms with Gasteiger partial charge in [-0.15, -0.1) is 0 Å². The smallest absolute Gasteiger partial charge is 0.175 e. The zero-order valence-electron chi connectivity index (χ0n) is 12.4. The lowest BCUT2D eigenvalue weighted by atomic mass is 9.82. The fraction of sp³-hybridized carbons (Fsp3) is 0.158. The molecule has 3 heteroatoms. The van der Waals surface area contributed by atoms with Gasteiger partial charge in [0, 0.05) is 12.2 Å². The minimum atomic E-state index is -3.15. The van der Waals surface area contributed by atoms with Crippen LogP contribution in [0.3, 0.4) is 0 Å². The molecule has 0 aliphatic heterocycles. The van der Waals surface area contributed by atoms with Gasteiger partial charge in [0.2, 0.25) is 0 Å². The normalized spacial score (nSPS) is 18.0. The Balaban J connectivity index is 1.98. The number of hydrogen-bond donors (Lipinski definition) is 0. The van der Waals surface area contributed by atoms with E-state index in [9.17, 15) is 8.42 Å². The predicted octanol–water partition coefficient (Wildman–Crippen LogP) is 4.22. The first-order valence-corrected chi connectivity index (χ1v) is 9.17. The second kappa shape index (κ2) is 5.93. The summed E-state index contributed by atoms with van der Waals surface area (Å²) in [7, 11) is -3.15. The Bertz CT molecular complexity index is 813. The molecule has 3 rings (SSSR count). The number of allylic oxidation sites excluding steroid dienone is 4. The van der Waals surface area contributed by atoms with Crippen molar-refractivity contribution in [2.45, 2.75) is 17.2 Å². The molecule has 0 bridgehead atoms. The van der Waals surface area contributed by atoms with Crippen molar-refractivity contribution in [3.63, 3.8) is 0 Å². The van der Waals surface area contributed by atoms with E-state index >= 15 is 0 Å². The summed E-state index contributed by atoms with van der Waals surface area (Å²) in [4.78, 5) is 0.361. The third-order valence-corrected chi connectivity index (χ3v) is 5.11. The van der Waals surface area contributed by atoms with Gasteiger partial charge < -0.3 is 0 Å². The van der Waals surface area contributed by atoms with Crippen LogP contribution in [0.4, 0.5) is 0 Å². The van der Waals surface area contributed by atoms with Crippen LogP contribution in [0.5, 0.6) is 0 Å². The maximum Gasteiger partial charge on any atom is 0.175 e. The van der Waals surface area contributed by atoms with E-state index in [0.717, 1.165) is 12.0 Å². The van der Waals surface area contributed by atoms with Gasteiger partial charge in [0.15, 0.2) is 9.84 Å². The summed E-state index contributed by atoms with van der Waals surface area (Å²) >= 11 is 0. The Morgan fingerprint density at radius 1 is 0.955 bits per heavy atom. The first-order chi connectivity index (χ1) is 10.6. The average Bonchev–Trinajstić information content (AvgIpc) is 2.55. The van der Waals surface area contributed by atoms with Gasteiger partial charge in [0.25, 0.3) is 0 Å². The van der Waals surface area contributed by atoms with Crippen molar-refractivity contribution in [3.05, 3.63) is 84.0 Å². The van der Waals surface area contributed by atoms with E-state index in [1.807, 2.05) is 18.2 Å². The van der Waals surface area contributed by atoms with Gasteiger partial charge in [-0.1, -0.05) is 60.7 Å². The van der Waals surface area contributed by atoms with Gasteiger partial charge in [0.1, 0.15) is 0 Å². The Labute approximate surface area is 131 Å². The second-order valence-electron chi connectivity index (χ2n) is 5.55. The summed E-state index contributed by atoms with van der Waals surface area (Å²) in [6.45, 7) is 0. The van der Waals surface area contributed by atoms with Crippen LogP contribution in [-0.2, 0) is 9.84 Å². The minimum Gasteiger partial charge on any atom is -0.224 e. The molecule has 0 saturated carbocycles. The molecule has 0 spiro atoms. The maximum atomic E-state index is 11.6. The molecule has 0 saturated heterocycles. The van der Waals surface area contributed by atoms with E-state index in [4.69, 9.17) is 0 Å². The first-order valence-electron chi connectivity index (χ1n) is 7.28. The average molecular weight is 310 g/mol. The molecule has 0 N–H and O–H groups in total. The minimum absolute atomic E-state index is 0.315. The molecule has 2 aromatic rings. The molecule has 1 atom stereocenters. The molecule has 0 amide bonds. The second-order valence-corrected chi connectivity index (χ2v) is 7.56. The van der Waals surface area contributed by atoms with Crippen LogP contribution >= 0.6 is 0 Å². The molecule has 1 aliphatic carbocycles. The van der Waals surface area contributed by atoms with Crippen LogP contribution in [0.25, 0.3) is 5.57 Å². The summed E-state index contributed by atoms with van der Waals surface area (Å²) in [6.07, 6.45) is 8.56. The Hall–Kier alpha value is -2.13. The van der Waals surface area contributed by atoms with E-state index in [2.05, 4.69) is 42.5 Å². The van der Waals surface area contributed by atoms with E-state index in [1.165, 1.54) is 17.4 Å². The maximum absolute atomic E-state index is 11.6. The molecule has 112 valence electrons. The van der Waals surface area contributed by atoms with Gasteiger partial charge >= 0.3 is 0 Å². The highest BCUT2D eigenvalue weighted by atomic mass is 32.2. The van der Waals surface area contributed by atoms with E-state index < -0.39 is 9.84 Å². The number of hydrogen-bond acceptors (Lipinski definition) is 2. The third-order valence-electron chi connectivity index (χ3n) is 3.98. The van der Waals surface area contributed by atoms with Crippen LogP contribution in [0.15, 0.2) is 77.7 Å².